The number of rotatable bonds is 6. The third kappa shape index (κ3) is 6.49. The highest BCUT2D eigenvalue weighted by Crippen LogP contribution is 2.17. The number of benzene rings is 1. The number of nitrogens with zero attached hydrogens (tertiary/aromatic N) is 1. The van der Waals surface area contributed by atoms with Crippen LogP contribution < -0.4 is 4.72 Å². The summed E-state index contributed by atoms with van der Waals surface area (Å²) < 4.78 is 32.2. The Hall–Kier alpha value is -1.60. The molecule has 0 spiro atoms. The van der Waals surface area contributed by atoms with Crippen LogP contribution in [0.3, 0.4) is 0 Å². The summed E-state index contributed by atoms with van der Waals surface area (Å²) in [6.07, 6.45) is -0.483. The number of hydrogen-bond donors (Lipinski definition) is 1. The quantitative estimate of drug-likeness (QED) is 0.850. The molecule has 0 unspecified atom stereocenters. The van der Waals surface area contributed by atoms with Crippen molar-refractivity contribution in [3.63, 3.8) is 0 Å². The molecule has 1 aromatic rings. The molecule has 0 heterocycles. The fourth-order valence-electron chi connectivity index (χ4n) is 1.89. The van der Waals surface area contributed by atoms with Crippen molar-refractivity contribution in [1.29, 1.82) is 0 Å². The van der Waals surface area contributed by atoms with Gasteiger partial charge in [-0.05, 0) is 44.4 Å². The normalized spacial score (nSPS) is 12.3. The monoisotopic (exact) mass is 356 g/mol. The van der Waals surface area contributed by atoms with Crippen LogP contribution in [0.2, 0.25) is 0 Å². The summed E-state index contributed by atoms with van der Waals surface area (Å²) >= 11 is 0. The molecule has 1 aromatic carbocycles. The number of hydrogen-bond acceptors (Lipinski definition) is 4. The molecule has 0 fully saturated rings. The van der Waals surface area contributed by atoms with Gasteiger partial charge in [-0.2, -0.15) is 0 Å². The van der Waals surface area contributed by atoms with E-state index in [-0.39, 0.29) is 18.0 Å². The van der Waals surface area contributed by atoms with Gasteiger partial charge < -0.3 is 9.64 Å². The number of amides is 1. The van der Waals surface area contributed by atoms with E-state index in [0.717, 1.165) is 5.56 Å². The van der Waals surface area contributed by atoms with Gasteiger partial charge in [-0.15, -0.1) is 0 Å². The van der Waals surface area contributed by atoms with Crippen molar-refractivity contribution >= 4 is 16.1 Å². The van der Waals surface area contributed by atoms with Crippen molar-refractivity contribution in [3.8, 4) is 0 Å². The molecule has 1 amide bonds. The van der Waals surface area contributed by atoms with E-state index < -0.39 is 21.7 Å². The second-order valence-corrected chi connectivity index (χ2v) is 8.79. The number of nitrogens with one attached hydrogen (secondary N) is 1. The average molecular weight is 356 g/mol. The molecule has 24 heavy (non-hydrogen) atoms. The highest BCUT2D eigenvalue weighted by atomic mass is 32.2. The van der Waals surface area contributed by atoms with Crippen molar-refractivity contribution in [2.75, 3.05) is 20.1 Å². The van der Waals surface area contributed by atoms with Crippen LogP contribution in [0.5, 0.6) is 0 Å². The minimum absolute atomic E-state index is 0.115. The van der Waals surface area contributed by atoms with Crippen LogP contribution >= 0.6 is 0 Å². The number of carbonyl (C=O) groups is 1. The van der Waals surface area contributed by atoms with Crippen LogP contribution in [-0.4, -0.2) is 45.1 Å². The van der Waals surface area contributed by atoms with Gasteiger partial charge in [0.1, 0.15) is 5.60 Å². The number of ether oxygens (including phenoxy) is 1. The highest BCUT2D eigenvalue weighted by molar-refractivity contribution is 7.89. The zero-order valence-electron chi connectivity index (χ0n) is 15.3. The van der Waals surface area contributed by atoms with Crippen molar-refractivity contribution < 1.29 is 17.9 Å². The molecule has 0 aliphatic carbocycles. The summed E-state index contributed by atoms with van der Waals surface area (Å²) in [6, 6.07) is 6.81. The maximum absolute atomic E-state index is 12.2. The van der Waals surface area contributed by atoms with Crippen molar-refractivity contribution in [3.05, 3.63) is 29.8 Å². The van der Waals surface area contributed by atoms with Crippen LogP contribution in [-0.2, 0) is 14.8 Å². The molecule has 0 aliphatic heterocycles. The summed E-state index contributed by atoms with van der Waals surface area (Å²) in [5, 5.41) is 0. The van der Waals surface area contributed by atoms with Crippen molar-refractivity contribution in [1.82, 2.24) is 9.62 Å². The van der Waals surface area contributed by atoms with Gasteiger partial charge in [-0.1, -0.05) is 26.0 Å². The SMILES string of the molecule is CC(C)c1ccc(S(=O)(=O)NCCN(C)C(=O)OC(C)(C)C)cc1. The highest BCUT2D eigenvalue weighted by Gasteiger charge is 2.20. The predicted molar refractivity (Wildman–Crippen MR) is 94.6 cm³/mol. The Morgan fingerprint density at radius 1 is 1.21 bits per heavy atom. The van der Waals surface area contributed by atoms with Gasteiger partial charge in [0.15, 0.2) is 0 Å². The summed E-state index contributed by atoms with van der Waals surface area (Å²) in [4.78, 5) is 13.4. The first kappa shape index (κ1) is 20.4. The van der Waals surface area contributed by atoms with Crippen LogP contribution in [0.1, 0.15) is 46.1 Å². The maximum atomic E-state index is 12.2. The van der Waals surface area contributed by atoms with Crippen LogP contribution in [0.4, 0.5) is 4.79 Å². The van der Waals surface area contributed by atoms with E-state index in [2.05, 4.69) is 4.72 Å². The molecule has 7 heteroatoms. The number of carbonyl (C=O) groups excluding carboxylic acids is 1. The summed E-state index contributed by atoms with van der Waals surface area (Å²) in [7, 11) is -2.02. The van der Waals surface area contributed by atoms with E-state index in [0.29, 0.717) is 5.92 Å². The van der Waals surface area contributed by atoms with Gasteiger partial charge in [-0.3, -0.25) is 0 Å². The lowest BCUT2D eigenvalue weighted by molar-refractivity contribution is 0.0302. The van der Waals surface area contributed by atoms with Gasteiger partial charge in [-0.25, -0.2) is 17.9 Å². The minimum Gasteiger partial charge on any atom is -0.444 e. The average Bonchev–Trinajstić information content (AvgIpc) is 2.45. The van der Waals surface area contributed by atoms with Crippen molar-refractivity contribution in [2.45, 2.75) is 51.0 Å². The largest absolute Gasteiger partial charge is 0.444 e. The summed E-state index contributed by atoms with van der Waals surface area (Å²) in [5.74, 6) is 0.345. The van der Waals surface area contributed by atoms with E-state index in [9.17, 15) is 13.2 Å². The molecule has 1 N–H and O–H groups in total. The lowest BCUT2D eigenvalue weighted by Gasteiger charge is -2.24. The fourth-order valence-corrected chi connectivity index (χ4v) is 2.92. The molecule has 1 rings (SSSR count). The third-order valence-electron chi connectivity index (χ3n) is 3.30. The summed E-state index contributed by atoms with van der Waals surface area (Å²) in [5.41, 5.74) is 0.502. The van der Waals surface area contributed by atoms with E-state index >= 15 is 0 Å². The molecular weight excluding hydrogens is 328 g/mol. The fraction of sp³-hybridized carbons (Fsp3) is 0.588. The summed E-state index contributed by atoms with van der Waals surface area (Å²) in [6.45, 7) is 9.78. The zero-order valence-corrected chi connectivity index (χ0v) is 16.1. The first-order chi connectivity index (χ1) is 10.9. The topological polar surface area (TPSA) is 75.7 Å². The number of likely N-dealkylation sites (N-methyl/N-ethyl adjacent to an activating group) is 1. The molecular formula is C17H28N2O4S. The molecule has 0 saturated heterocycles. The smallest absolute Gasteiger partial charge is 0.410 e. The third-order valence-corrected chi connectivity index (χ3v) is 4.78. The second-order valence-electron chi connectivity index (χ2n) is 7.02. The Morgan fingerprint density at radius 2 is 1.75 bits per heavy atom. The minimum atomic E-state index is -3.59. The molecule has 0 atom stereocenters. The standard InChI is InChI=1S/C17H28N2O4S/c1-13(2)14-7-9-15(10-8-14)24(21,22)18-11-12-19(6)16(20)23-17(3,4)5/h7-10,13,18H,11-12H2,1-6H3. The van der Waals surface area contributed by atoms with E-state index in [1.807, 2.05) is 26.0 Å². The van der Waals surface area contributed by atoms with Gasteiger partial charge in [0.25, 0.3) is 0 Å². The van der Waals surface area contributed by atoms with Gasteiger partial charge in [0, 0.05) is 20.1 Å². The Kier molecular flexibility index (Phi) is 6.80. The second kappa shape index (κ2) is 7.98. The predicted octanol–water partition coefficient (Wildman–Crippen LogP) is 2.96. The zero-order chi connectivity index (χ0) is 18.5. The van der Waals surface area contributed by atoms with Gasteiger partial charge >= 0.3 is 6.09 Å². The van der Waals surface area contributed by atoms with E-state index in [1.54, 1.807) is 40.0 Å². The number of sulfonamides is 1. The molecule has 0 saturated carbocycles. The Bertz CT molecular complexity index is 646. The van der Waals surface area contributed by atoms with Gasteiger partial charge in [0.05, 0.1) is 4.90 Å². The Balaban J connectivity index is 2.58. The lowest BCUT2D eigenvalue weighted by atomic mass is 10.0. The Labute approximate surface area is 145 Å². The van der Waals surface area contributed by atoms with Crippen LogP contribution in [0.25, 0.3) is 0 Å². The van der Waals surface area contributed by atoms with E-state index in [4.69, 9.17) is 4.74 Å². The van der Waals surface area contributed by atoms with Crippen LogP contribution in [0.15, 0.2) is 29.2 Å². The molecule has 136 valence electrons. The van der Waals surface area contributed by atoms with Crippen molar-refractivity contribution in [2.24, 2.45) is 0 Å². The first-order valence-corrected chi connectivity index (χ1v) is 9.44. The molecule has 0 bridgehead atoms. The molecule has 0 aromatic heterocycles. The van der Waals surface area contributed by atoms with Gasteiger partial charge in [0.2, 0.25) is 10.0 Å². The van der Waals surface area contributed by atoms with E-state index in [1.165, 1.54) is 4.90 Å². The molecule has 0 radical (unpaired) electrons. The first-order valence-electron chi connectivity index (χ1n) is 7.96. The molecule has 0 aliphatic rings. The lowest BCUT2D eigenvalue weighted by Crippen LogP contribution is -2.39. The maximum Gasteiger partial charge on any atom is 0.410 e. The molecule has 6 nitrogen and oxygen atoms in total. The van der Waals surface area contributed by atoms with Crippen LogP contribution in [0, 0.1) is 0 Å². The Morgan fingerprint density at radius 3 is 2.21 bits per heavy atom.